The number of aromatic amines is 1. The summed E-state index contributed by atoms with van der Waals surface area (Å²) in [7, 11) is 0. The highest BCUT2D eigenvalue weighted by atomic mass is 16.5. The first kappa shape index (κ1) is 16.8. The molecule has 1 aliphatic heterocycles. The summed E-state index contributed by atoms with van der Waals surface area (Å²) in [6, 6.07) is 10.9. The minimum atomic E-state index is -0.179. The van der Waals surface area contributed by atoms with Gasteiger partial charge in [-0.25, -0.2) is 4.79 Å². The van der Waals surface area contributed by atoms with Crippen molar-refractivity contribution in [2.75, 3.05) is 19.7 Å². The van der Waals surface area contributed by atoms with Crippen molar-refractivity contribution in [2.45, 2.75) is 33.2 Å². The van der Waals surface area contributed by atoms with E-state index in [1.165, 1.54) is 11.1 Å². The summed E-state index contributed by atoms with van der Waals surface area (Å²) >= 11 is 0. The molecule has 1 N–H and O–H groups in total. The van der Waals surface area contributed by atoms with Crippen LogP contribution in [0.5, 0.6) is 0 Å². The molecule has 0 amide bonds. The van der Waals surface area contributed by atoms with Gasteiger partial charge in [0, 0.05) is 29.9 Å². The zero-order valence-corrected chi connectivity index (χ0v) is 14.7. The number of hydrogen-bond acceptors (Lipinski definition) is 3. The number of nitrogens with one attached hydrogen (secondary N) is 1. The number of rotatable bonds is 5. The van der Waals surface area contributed by atoms with Gasteiger partial charge in [0.05, 0.1) is 12.6 Å². The van der Waals surface area contributed by atoms with Gasteiger partial charge in [-0.1, -0.05) is 38.1 Å². The maximum atomic E-state index is 12.1. The van der Waals surface area contributed by atoms with E-state index in [0.717, 1.165) is 24.1 Å². The van der Waals surface area contributed by atoms with E-state index in [1.54, 1.807) is 0 Å². The molecule has 0 saturated carbocycles. The lowest BCUT2D eigenvalue weighted by Gasteiger charge is -2.35. The molecule has 0 radical (unpaired) electrons. The zero-order chi connectivity index (χ0) is 17.1. The Labute approximate surface area is 143 Å². The molecule has 128 valence electrons. The summed E-state index contributed by atoms with van der Waals surface area (Å²) in [4.78, 5) is 18.0. The molecule has 2 aromatic rings. The van der Waals surface area contributed by atoms with Gasteiger partial charge in [-0.15, -0.1) is 0 Å². The summed E-state index contributed by atoms with van der Waals surface area (Å²) < 4.78 is 5.18. The van der Waals surface area contributed by atoms with Crippen LogP contribution in [0.3, 0.4) is 0 Å². The van der Waals surface area contributed by atoms with Crippen molar-refractivity contribution in [3.63, 3.8) is 0 Å². The second-order valence-electron chi connectivity index (χ2n) is 6.84. The number of hydrogen-bond donors (Lipinski definition) is 1. The monoisotopic (exact) mass is 326 g/mol. The number of esters is 1. The number of carbonyl (C=O) groups is 1. The third kappa shape index (κ3) is 3.54. The van der Waals surface area contributed by atoms with Crippen molar-refractivity contribution in [1.29, 1.82) is 0 Å². The summed E-state index contributed by atoms with van der Waals surface area (Å²) in [6.45, 7) is 8.30. The predicted molar refractivity (Wildman–Crippen MR) is 96.8 cm³/mol. The van der Waals surface area contributed by atoms with Crippen LogP contribution in [-0.4, -0.2) is 35.5 Å². The van der Waals surface area contributed by atoms with E-state index in [-0.39, 0.29) is 12.0 Å². The molecular formula is C20H26N2O2. The Morgan fingerprint density at radius 3 is 2.88 bits per heavy atom. The maximum Gasteiger partial charge on any atom is 0.334 e. The van der Waals surface area contributed by atoms with Crippen LogP contribution in [0.2, 0.25) is 0 Å². The van der Waals surface area contributed by atoms with Crippen molar-refractivity contribution in [2.24, 2.45) is 5.92 Å². The molecule has 4 heteroatoms. The number of carbonyl (C=O) groups excluding carboxylic acids is 1. The smallest absolute Gasteiger partial charge is 0.334 e. The molecule has 3 rings (SSSR count). The van der Waals surface area contributed by atoms with E-state index in [0.29, 0.717) is 19.1 Å². The number of aromatic nitrogens is 1. The molecule has 0 fully saturated rings. The van der Waals surface area contributed by atoms with Crippen LogP contribution >= 0.6 is 0 Å². The van der Waals surface area contributed by atoms with Crippen LogP contribution in [-0.2, 0) is 9.53 Å². The van der Waals surface area contributed by atoms with Gasteiger partial charge in [-0.2, -0.15) is 0 Å². The highest BCUT2D eigenvalue weighted by molar-refractivity contribution is 5.89. The number of ether oxygens (including phenoxy) is 1. The third-order valence-corrected chi connectivity index (χ3v) is 4.45. The molecule has 4 nitrogen and oxygen atoms in total. The average molecular weight is 326 g/mol. The van der Waals surface area contributed by atoms with Gasteiger partial charge in [-0.05, 0) is 36.8 Å². The van der Waals surface area contributed by atoms with E-state index >= 15 is 0 Å². The Hall–Kier alpha value is -2.07. The third-order valence-electron chi connectivity index (χ3n) is 4.45. The van der Waals surface area contributed by atoms with E-state index in [1.807, 2.05) is 19.1 Å². The Kier molecular flexibility index (Phi) is 5.05. The Morgan fingerprint density at radius 1 is 1.38 bits per heavy atom. The molecule has 0 spiro atoms. The fourth-order valence-electron chi connectivity index (χ4n) is 3.43. The minimum Gasteiger partial charge on any atom is -0.463 e. The zero-order valence-electron chi connectivity index (χ0n) is 14.7. The lowest BCUT2D eigenvalue weighted by Crippen LogP contribution is -2.38. The lowest BCUT2D eigenvalue weighted by atomic mass is 9.98. The number of fused-ring (bicyclic) bond motifs is 1. The topological polar surface area (TPSA) is 45.3 Å². The first-order chi connectivity index (χ1) is 11.6. The van der Waals surface area contributed by atoms with Crippen molar-refractivity contribution >= 4 is 16.9 Å². The van der Waals surface area contributed by atoms with Gasteiger partial charge in [0.25, 0.3) is 0 Å². The van der Waals surface area contributed by atoms with E-state index in [9.17, 15) is 4.79 Å². The van der Waals surface area contributed by atoms with Gasteiger partial charge in [0.2, 0.25) is 0 Å². The van der Waals surface area contributed by atoms with Crippen molar-refractivity contribution in [3.8, 4) is 0 Å². The fourth-order valence-corrected chi connectivity index (χ4v) is 3.43. The molecule has 0 aliphatic carbocycles. The normalized spacial score (nSPS) is 18.8. The summed E-state index contributed by atoms with van der Waals surface area (Å²) in [5.74, 6) is 0.361. The van der Waals surface area contributed by atoms with E-state index < -0.39 is 0 Å². The number of nitrogens with zero attached hydrogens (tertiary/aromatic N) is 1. The van der Waals surface area contributed by atoms with Gasteiger partial charge in [0.1, 0.15) is 0 Å². The molecular weight excluding hydrogens is 300 g/mol. The van der Waals surface area contributed by atoms with Crippen LogP contribution in [0, 0.1) is 5.92 Å². The molecule has 2 heterocycles. The number of benzene rings is 1. The van der Waals surface area contributed by atoms with Gasteiger partial charge < -0.3 is 9.72 Å². The van der Waals surface area contributed by atoms with E-state index in [4.69, 9.17) is 4.74 Å². The first-order valence-corrected chi connectivity index (χ1v) is 8.76. The fraction of sp³-hybridized carbons (Fsp3) is 0.450. The quantitative estimate of drug-likeness (QED) is 0.843. The van der Waals surface area contributed by atoms with Gasteiger partial charge in [0.15, 0.2) is 0 Å². The van der Waals surface area contributed by atoms with Crippen molar-refractivity contribution in [1.82, 2.24) is 9.88 Å². The molecule has 1 aliphatic rings. The SMILES string of the molecule is CCOC(=O)C1=CCC(c2cc3ccccc3[nH]2)N(CC(C)C)C1. The Bertz CT molecular complexity index is 712. The molecule has 1 aromatic carbocycles. The first-order valence-electron chi connectivity index (χ1n) is 8.76. The van der Waals surface area contributed by atoms with Crippen molar-refractivity contribution in [3.05, 3.63) is 47.7 Å². The second-order valence-corrected chi connectivity index (χ2v) is 6.84. The summed E-state index contributed by atoms with van der Waals surface area (Å²) in [6.07, 6.45) is 2.87. The average Bonchev–Trinajstić information content (AvgIpc) is 2.98. The molecule has 0 bridgehead atoms. The van der Waals surface area contributed by atoms with Crippen molar-refractivity contribution < 1.29 is 9.53 Å². The molecule has 1 unspecified atom stereocenters. The Morgan fingerprint density at radius 2 is 2.17 bits per heavy atom. The largest absolute Gasteiger partial charge is 0.463 e. The highest BCUT2D eigenvalue weighted by Crippen LogP contribution is 2.32. The van der Waals surface area contributed by atoms with E-state index in [2.05, 4.69) is 48.0 Å². The maximum absolute atomic E-state index is 12.1. The lowest BCUT2D eigenvalue weighted by molar-refractivity contribution is -0.139. The highest BCUT2D eigenvalue weighted by Gasteiger charge is 2.29. The van der Waals surface area contributed by atoms with Crippen LogP contribution < -0.4 is 0 Å². The number of H-pyrrole nitrogens is 1. The van der Waals surface area contributed by atoms with Crippen LogP contribution in [0.15, 0.2) is 42.0 Å². The minimum absolute atomic E-state index is 0.179. The molecule has 0 saturated heterocycles. The Balaban J connectivity index is 1.88. The van der Waals surface area contributed by atoms with Gasteiger partial charge >= 0.3 is 5.97 Å². The summed E-state index contributed by atoms with van der Waals surface area (Å²) in [5, 5.41) is 1.23. The predicted octanol–water partition coefficient (Wildman–Crippen LogP) is 4.06. The van der Waals surface area contributed by atoms with Crippen LogP contribution in [0.25, 0.3) is 10.9 Å². The molecule has 1 aromatic heterocycles. The molecule has 1 atom stereocenters. The van der Waals surface area contributed by atoms with Gasteiger partial charge in [-0.3, -0.25) is 4.90 Å². The second kappa shape index (κ2) is 7.22. The number of para-hydroxylation sites is 1. The molecule has 24 heavy (non-hydrogen) atoms. The van der Waals surface area contributed by atoms with Crippen LogP contribution in [0.4, 0.5) is 0 Å². The standard InChI is InChI=1S/C20H26N2O2/c1-4-24-20(23)16-9-10-19(22(13-16)12-14(2)3)18-11-15-7-5-6-8-17(15)21-18/h5-9,11,14,19,21H,4,10,12-13H2,1-3H3. The van der Waals surface area contributed by atoms with Crippen LogP contribution in [0.1, 0.15) is 38.9 Å². The summed E-state index contributed by atoms with van der Waals surface area (Å²) in [5.41, 5.74) is 3.16.